The minimum atomic E-state index is -4.85. The Morgan fingerprint density at radius 2 is 1.27 bits per heavy atom. The van der Waals surface area contributed by atoms with Crippen LogP contribution in [0.1, 0.15) is 26.3 Å². The van der Waals surface area contributed by atoms with Crippen LogP contribution < -0.4 is 22.1 Å². The van der Waals surface area contributed by atoms with Gasteiger partial charge in [0, 0.05) is 28.3 Å². The second-order valence-corrected chi connectivity index (χ2v) is 6.42. The summed E-state index contributed by atoms with van der Waals surface area (Å²) < 4.78 is 40.8. The van der Waals surface area contributed by atoms with Gasteiger partial charge in [0.25, 0.3) is 11.8 Å². The molecule has 0 radical (unpaired) electrons. The second-order valence-electron chi connectivity index (χ2n) is 6.42. The fourth-order valence-corrected chi connectivity index (χ4v) is 2.75. The van der Waals surface area contributed by atoms with Gasteiger partial charge in [0.15, 0.2) is 0 Å². The summed E-state index contributed by atoms with van der Waals surface area (Å²) in [6, 6.07) is 15.0. The van der Waals surface area contributed by atoms with Gasteiger partial charge in [-0.1, -0.05) is 12.1 Å². The fourth-order valence-electron chi connectivity index (χ4n) is 2.75. The zero-order chi connectivity index (χ0) is 21.9. The minimum absolute atomic E-state index is 0.247. The predicted molar refractivity (Wildman–Crippen MR) is 109 cm³/mol. The van der Waals surface area contributed by atoms with Gasteiger partial charge in [-0.2, -0.15) is 13.2 Å². The number of carbonyl (C=O) groups is 2. The molecule has 30 heavy (non-hydrogen) atoms. The third kappa shape index (κ3) is 4.88. The zero-order valence-electron chi connectivity index (χ0n) is 15.5. The number of anilines is 4. The van der Waals surface area contributed by atoms with Crippen molar-refractivity contribution in [3.63, 3.8) is 0 Å². The molecule has 2 amide bonds. The van der Waals surface area contributed by atoms with Gasteiger partial charge in [-0.3, -0.25) is 9.59 Å². The number of benzene rings is 3. The quantitative estimate of drug-likeness (QED) is 0.475. The number of halogens is 3. The summed E-state index contributed by atoms with van der Waals surface area (Å²) in [7, 11) is 0. The molecule has 0 atom stereocenters. The van der Waals surface area contributed by atoms with Crippen molar-refractivity contribution in [3.8, 4) is 0 Å². The molecule has 0 aliphatic heterocycles. The zero-order valence-corrected chi connectivity index (χ0v) is 15.5. The largest absolute Gasteiger partial charge is 0.417 e. The molecule has 6 N–H and O–H groups in total. The Hall–Kier alpha value is -4.01. The van der Waals surface area contributed by atoms with Crippen molar-refractivity contribution in [3.05, 3.63) is 83.4 Å². The van der Waals surface area contributed by atoms with Gasteiger partial charge in [0.05, 0.1) is 11.1 Å². The molecule has 3 rings (SSSR count). The van der Waals surface area contributed by atoms with Crippen LogP contribution in [0.3, 0.4) is 0 Å². The fraction of sp³-hybridized carbons (Fsp3) is 0.0476. The smallest absolute Gasteiger partial charge is 0.399 e. The van der Waals surface area contributed by atoms with Crippen LogP contribution in [0.25, 0.3) is 0 Å². The molecule has 154 valence electrons. The number of hydrogen-bond acceptors (Lipinski definition) is 4. The van der Waals surface area contributed by atoms with Crippen LogP contribution in [-0.2, 0) is 6.18 Å². The molecule has 6 nitrogen and oxygen atoms in total. The number of amides is 2. The van der Waals surface area contributed by atoms with E-state index in [4.69, 9.17) is 11.5 Å². The van der Waals surface area contributed by atoms with Crippen molar-refractivity contribution in [1.82, 2.24) is 0 Å². The average Bonchev–Trinajstić information content (AvgIpc) is 2.67. The Labute approximate surface area is 169 Å². The number of nitrogens with one attached hydrogen (secondary N) is 2. The molecule has 0 aliphatic rings. The molecule has 0 bridgehead atoms. The lowest BCUT2D eigenvalue weighted by molar-refractivity contribution is -0.137. The topological polar surface area (TPSA) is 110 Å². The number of carbonyl (C=O) groups excluding carboxylic acids is 2. The maximum Gasteiger partial charge on any atom is 0.417 e. The summed E-state index contributed by atoms with van der Waals surface area (Å²) in [5.74, 6) is -1.75. The van der Waals surface area contributed by atoms with Gasteiger partial charge in [-0.05, 0) is 54.6 Å². The number of hydrogen-bond donors (Lipinski definition) is 4. The third-order valence-corrected chi connectivity index (χ3v) is 4.12. The van der Waals surface area contributed by atoms with Crippen molar-refractivity contribution in [1.29, 1.82) is 0 Å². The molecular formula is C21H17F3N4O2. The molecule has 0 saturated carbocycles. The van der Waals surface area contributed by atoms with E-state index in [-0.39, 0.29) is 11.3 Å². The van der Waals surface area contributed by atoms with E-state index in [9.17, 15) is 22.8 Å². The lowest BCUT2D eigenvalue weighted by atomic mass is 10.0. The Kier molecular flexibility index (Phi) is 5.63. The summed E-state index contributed by atoms with van der Waals surface area (Å²) in [6.45, 7) is 0. The highest BCUT2D eigenvalue weighted by atomic mass is 19.4. The van der Waals surface area contributed by atoms with Gasteiger partial charge in [-0.25, -0.2) is 0 Å². The first-order valence-electron chi connectivity index (χ1n) is 8.68. The molecule has 3 aromatic carbocycles. The molecule has 0 fully saturated rings. The van der Waals surface area contributed by atoms with E-state index in [1.807, 2.05) is 0 Å². The molecule has 0 spiro atoms. The van der Waals surface area contributed by atoms with Crippen molar-refractivity contribution in [2.75, 3.05) is 22.1 Å². The van der Waals surface area contributed by atoms with Gasteiger partial charge in [-0.15, -0.1) is 0 Å². The molecular weight excluding hydrogens is 397 g/mol. The van der Waals surface area contributed by atoms with E-state index < -0.39 is 29.1 Å². The first kappa shape index (κ1) is 20.7. The maximum atomic E-state index is 13.6. The van der Waals surface area contributed by atoms with Crippen molar-refractivity contribution in [2.24, 2.45) is 0 Å². The molecule has 0 heterocycles. The number of nitrogens with two attached hydrogens (primary N) is 2. The Morgan fingerprint density at radius 3 is 1.77 bits per heavy atom. The molecule has 0 aliphatic carbocycles. The van der Waals surface area contributed by atoms with Gasteiger partial charge >= 0.3 is 6.18 Å². The van der Waals surface area contributed by atoms with Crippen LogP contribution in [0.5, 0.6) is 0 Å². The lowest BCUT2D eigenvalue weighted by Gasteiger charge is -2.15. The number of nitrogen functional groups attached to an aromatic ring is 2. The van der Waals surface area contributed by atoms with Crippen LogP contribution in [0.15, 0.2) is 66.7 Å². The standard InChI is InChI=1S/C21H17F3N4O2/c22-21(23,24)18-9-12(19(29)27-15-5-1-3-13(25)10-15)7-8-17(18)20(30)28-16-6-2-4-14(26)11-16/h1-11H,25-26H2,(H,27,29)(H,28,30). The molecule has 0 unspecified atom stereocenters. The molecule has 9 heteroatoms. The highest BCUT2D eigenvalue weighted by molar-refractivity contribution is 6.08. The average molecular weight is 414 g/mol. The van der Waals surface area contributed by atoms with Gasteiger partial charge in [0.2, 0.25) is 0 Å². The second kappa shape index (κ2) is 8.16. The van der Waals surface area contributed by atoms with E-state index in [0.29, 0.717) is 23.1 Å². The van der Waals surface area contributed by atoms with E-state index in [1.165, 1.54) is 18.2 Å². The molecule has 0 saturated heterocycles. The first-order valence-corrected chi connectivity index (χ1v) is 8.68. The van der Waals surface area contributed by atoms with Crippen LogP contribution in [0.2, 0.25) is 0 Å². The molecule has 3 aromatic rings. The minimum Gasteiger partial charge on any atom is -0.399 e. The van der Waals surface area contributed by atoms with Crippen molar-refractivity contribution in [2.45, 2.75) is 6.18 Å². The van der Waals surface area contributed by atoms with E-state index in [0.717, 1.165) is 12.1 Å². The van der Waals surface area contributed by atoms with Crippen molar-refractivity contribution < 1.29 is 22.8 Å². The normalized spacial score (nSPS) is 11.0. The van der Waals surface area contributed by atoms with Crippen LogP contribution >= 0.6 is 0 Å². The van der Waals surface area contributed by atoms with Crippen LogP contribution in [-0.4, -0.2) is 11.8 Å². The van der Waals surface area contributed by atoms with Crippen LogP contribution in [0.4, 0.5) is 35.9 Å². The summed E-state index contributed by atoms with van der Waals surface area (Å²) >= 11 is 0. The SMILES string of the molecule is Nc1cccc(NC(=O)c2ccc(C(=O)Nc3cccc(N)c3)c(C(F)(F)F)c2)c1. The Bertz CT molecular complexity index is 1110. The Morgan fingerprint density at radius 1 is 0.733 bits per heavy atom. The first-order chi connectivity index (χ1) is 14.1. The van der Waals surface area contributed by atoms with E-state index in [1.54, 1.807) is 30.3 Å². The van der Waals surface area contributed by atoms with Gasteiger partial charge in [0.1, 0.15) is 0 Å². The summed E-state index contributed by atoms with van der Waals surface area (Å²) in [6.07, 6.45) is -4.85. The Balaban J connectivity index is 1.90. The monoisotopic (exact) mass is 414 g/mol. The third-order valence-electron chi connectivity index (χ3n) is 4.12. The summed E-state index contributed by atoms with van der Waals surface area (Å²) in [5.41, 5.74) is 10.4. The number of alkyl halides is 3. The summed E-state index contributed by atoms with van der Waals surface area (Å²) in [4.78, 5) is 24.8. The highest BCUT2D eigenvalue weighted by Gasteiger charge is 2.36. The predicted octanol–water partition coefficient (Wildman–Crippen LogP) is 4.37. The van der Waals surface area contributed by atoms with E-state index in [2.05, 4.69) is 10.6 Å². The maximum absolute atomic E-state index is 13.6. The molecule has 0 aromatic heterocycles. The van der Waals surface area contributed by atoms with Crippen molar-refractivity contribution >= 4 is 34.6 Å². The number of rotatable bonds is 4. The van der Waals surface area contributed by atoms with Gasteiger partial charge < -0.3 is 22.1 Å². The van der Waals surface area contributed by atoms with E-state index >= 15 is 0 Å². The highest BCUT2D eigenvalue weighted by Crippen LogP contribution is 2.33. The lowest BCUT2D eigenvalue weighted by Crippen LogP contribution is -2.21. The van der Waals surface area contributed by atoms with Crippen LogP contribution in [0, 0.1) is 0 Å². The summed E-state index contributed by atoms with van der Waals surface area (Å²) in [5, 5.41) is 4.84.